The van der Waals surface area contributed by atoms with Gasteiger partial charge in [0.1, 0.15) is 5.01 Å². The minimum absolute atomic E-state index is 0.100. The number of alkyl halides is 3. The molecule has 8 heteroatoms. The minimum atomic E-state index is -4.35. The standard InChI is InChI=1S/C13H14F3N3OS/c1-8(20)18-5-4-17-7-12-19-10-6-9(13(14,15)16)2-3-11(10)21-12/h2-3,6,17H,4-5,7H2,1H3,(H,18,20). The molecule has 0 fully saturated rings. The number of thiazole rings is 1. The van der Waals surface area contributed by atoms with Crippen molar-refractivity contribution in [3.63, 3.8) is 0 Å². The Kier molecular flexibility index (Phi) is 4.79. The van der Waals surface area contributed by atoms with Gasteiger partial charge < -0.3 is 10.6 Å². The Labute approximate surface area is 123 Å². The molecular formula is C13H14F3N3OS. The lowest BCUT2D eigenvalue weighted by Crippen LogP contribution is -2.29. The number of rotatable bonds is 5. The van der Waals surface area contributed by atoms with Crippen LogP contribution in [0.2, 0.25) is 0 Å². The van der Waals surface area contributed by atoms with Crippen LogP contribution in [0.5, 0.6) is 0 Å². The van der Waals surface area contributed by atoms with E-state index in [1.54, 1.807) is 0 Å². The Morgan fingerprint density at radius 1 is 1.33 bits per heavy atom. The van der Waals surface area contributed by atoms with Gasteiger partial charge in [-0.1, -0.05) is 0 Å². The van der Waals surface area contributed by atoms with Crippen LogP contribution in [0.1, 0.15) is 17.5 Å². The van der Waals surface area contributed by atoms with Gasteiger partial charge in [0.05, 0.1) is 15.8 Å². The number of hydrogen-bond donors (Lipinski definition) is 2. The van der Waals surface area contributed by atoms with Crippen LogP contribution in [0.25, 0.3) is 10.2 Å². The molecule has 21 heavy (non-hydrogen) atoms. The maximum absolute atomic E-state index is 12.6. The number of aromatic nitrogens is 1. The predicted octanol–water partition coefficient (Wildman–Crippen LogP) is 2.54. The monoisotopic (exact) mass is 317 g/mol. The first-order chi connectivity index (χ1) is 9.86. The van der Waals surface area contributed by atoms with Crippen LogP contribution in [-0.2, 0) is 17.5 Å². The van der Waals surface area contributed by atoms with E-state index < -0.39 is 11.7 Å². The van der Waals surface area contributed by atoms with E-state index in [-0.39, 0.29) is 5.91 Å². The van der Waals surface area contributed by atoms with Crippen molar-refractivity contribution in [2.75, 3.05) is 13.1 Å². The second-order valence-corrected chi connectivity index (χ2v) is 5.56. The average molecular weight is 317 g/mol. The van der Waals surface area contributed by atoms with Gasteiger partial charge in [0, 0.05) is 26.6 Å². The van der Waals surface area contributed by atoms with E-state index in [0.717, 1.165) is 16.8 Å². The van der Waals surface area contributed by atoms with Crippen molar-refractivity contribution in [1.82, 2.24) is 15.6 Å². The zero-order valence-corrected chi connectivity index (χ0v) is 12.1. The molecule has 0 aliphatic heterocycles. The summed E-state index contributed by atoms with van der Waals surface area (Å²) >= 11 is 1.35. The number of amides is 1. The molecule has 1 amide bonds. The first-order valence-corrected chi connectivity index (χ1v) is 7.10. The van der Waals surface area contributed by atoms with E-state index in [2.05, 4.69) is 15.6 Å². The van der Waals surface area contributed by atoms with Crippen LogP contribution in [0, 0.1) is 0 Å². The van der Waals surface area contributed by atoms with Crippen molar-refractivity contribution >= 4 is 27.5 Å². The normalized spacial score (nSPS) is 11.8. The van der Waals surface area contributed by atoms with Crippen molar-refractivity contribution in [2.45, 2.75) is 19.6 Å². The summed E-state index contributed by atoms with van der Waals surface area (Å²) in [5.74, 6) is -0.100. The van der Waals surface area contributed by atoms with Crippen molar-refractivity contribution in [2.24, 2.45) is 0 Å². The maximum Gasteiger partial charge on any atom is 0.416 e. The third-order valence-corrected chi connectivity index (χ3v) is 3.75. The van der Waals surface area contributed by atoms with Crippen LogP contribution >= 0.6 is 11.3 Å². The lowest BCUT2D eigenvalue weighted by atomic mass is 10.2. The summed E-state index contributed by atoms with van der Waals surface area (Å²) in [6.07, 6.45) is -4.35. The van der Waals surface area contributed by atoms with E-state index in [4.69, 9.17) is 0 Å². The Balaban J connectivity index is 1.97. The fourth-order valence-electron chi connectivity index (χ4n) is 1.75. The Bertz CT molecular complexity index is 639. The van der Waals surface area contributed by atoms with Gasteiger partial charge in [-0.3, -0.25) is 4.79 Å². The number of fused-ring (bicyclic) bond motifs is 1. The van der Waals surface area contributed by atoms with E-state index in [9.17, 15) is 18.0 Å². The third kappa shape index (κ3) is 4.40. The molecule has 1 aromatic heterocycles. The highest BCUT2D eigenvalue weighted by atomic mass is 32.1. The van der Waals surface area contributed by atoms with Crippen molar-refractivity contribution in [1.29, 1.82) is 0 Å². The maximum atomic E-state index is 12.6. The van der Waals surface area contributed by atoms with Gasteiger partial charge in [-0.2, -0.15) is 13.2 Å². The zero-order valence-electron chi connectivity index (χ0n) is 11.3. The fourth-order valence-corrected chi connectivity index (χ4v) is 2.67. The summed E-state index contributed by atoms with van der Waals surface area (Å²) in [7, 11) is 0. The van der Waals surface area contributed by atoms with Gasteiger partial charge in [0.25, 0.3) is 0 Å². The van der Waals surface area contributed by atoms with Crippen LogP contribution in [0.4, 0.5) is 13.2 Å². The highest BCUT2D eigenvalue weighted by molar-refractivity contribution is 7.18. The minimum Gasteiger partial charge on any atom is -0.355 e. The van der Waals surface area contributed by atoms with E-state index in [1.807, 2.05) is 0 Å². The molecule has 2 aromatic rings. The topological polar surface area (TPSA) is 54.0 Å². The smallest absolute Gasteiger partial charge is 0.355 e. The molecule has 2 N–H and O–H groups in total. The highest BCUT2D eigenvalue weighted by Gasteiger charge is 2.30. The molecule has 0 atom stereocenters. The number of carbonyl (C=O) groups is 1. The van der Waals surface area contributed by atoms with Crippen LogP contribution in [-0.4, -0.2) is 24.0 Å². The van der Waals surface area contributed by atoms with Gasteiger partial charge in [-0.15, -0.1) is 11.3 Å². The number of carbonyl (C=O) groups excluding carboxylic acids is 1. The molecule has 0 spiro atoms. The van der Waals surface area contributed by atoms with Gasteiger partial charge in [0.15, 0.2) is 0 Å². The van der Waals surface area contributed by atoms with Gasteiger partial charge in [-0.25, -0.2) is 4.98 Å². The molecule has 0 aliphatic rings. The van der Waals surface area contributed by atoms with Crippen molar-refractivity contribution < 1.29 is 18.0 Å². The third-order valence-electron chi connectivity index (χ3n) is 2.71. The molecule has 0 unspecified atom stereocenters. The fraction of sp³-hybridized carbons (Fsp3) is 0.385. The summed E-state index contributed by atoms with van der Waals surface area (Å²) < 4.78 is 38.5. The molecule has 2 rings (SSSR count). The second-order valence-electron chi connectivity index (χ2n) is 4.45. The van der Waals surface area contributed by atoms with Crippen molar-refractivity contribution in [3.05, 3.63) is 28.8 Å². The Hall–Kier alpha value is -1.67. The SMILES string of the molecule is CC(=O)NCCNCc1nc2cc(C(F)(F)F)ccc2s1. The predicted molar refractivity (Wildman–Crippen MR) is 75.0 cm³/mol. The summed E-state index contributed by atoms with van der Waals surface area (Å²) in [5, 5.41) is 6.43. The van der Waals surface area contributed by atoms with Crippen LogP contribution < -0.4 is 10.6 Å². The Morgan fingerprint density at radius 3 is 2.76 bits per heavy atom. The van der Waals surface area contributed by atoms with Gasteiger partial charge >= 0.3 is 6.18 Å². The lowest BCUT2D eigenvalue weighted by molar-refractivity contribution is -0.137. The number of nitrogens with one attached hydrogen (secondary N) is 2. The average Bonchev–Trinajstić information content (AvgIpc) is 2.78. The molecule has 114 valence electrons. The molecule has 0 radical (unpaired) electrons. The van der Waals surface area contributed by atoms with E-state index >= 15 is 0 Å². The quantitative estimate of drug-likeness (QED) is 0.833. The number of halogens is 3. The molecule has 0 saturated heterocycles. The van der Waals surface area contributed by atoms with Crippen LogP contribution in [0.15, 0.2) is 18.2 Å². The molecule has 1 aromatic carbocycles. The number of hydrogen-bond acceptors (Lipinski definition) is 4. The lowest BCUT2D eigenvalue weighted by Gasteiger charge is -2.04. The molecule has 0 bridgehead atoms. The molecule has 0 saturated carbocycles. The summed E-state index contributed by atoms with van der Waals surface area (Å²) in [6, 6.07) is 3.57. The molecule has 1 heterocycles. The van der Waals surface area contributed by atoms with Gasteiger partial charge in [-0.05, 0) is 18.2 Å². The molecule has 4 nitrogen and oxygen atoms in total. The molecule has 0 aliphatic carbocycles. The largest absolute Gasteiger partial charge is 0.416 e. The van der Waals surface area contributed by atoms with Crippen molar-refractivity contribution in [3.8, 4) is 0 Å². The summed E-state index contributed by atoms with van der Waals surface area (Å²) in [5.41, 5.74) is -0.334. The first-order valence-electron chi connectivity index (χ1n) is 6.28. The van der Waals surface area contributed by atoms with E-state index in [0.29, 0.717) is 30.2 Å². The number of nitrogens with zero attached hydrogens (tertiary/aromatic N) is 1. The first kappa shape index (κ1) is 15.7. The summed E-state index contributed by atoms with van der Waals surface area (Å²) in [4.78, 5) is 14.9. The second kappa shape index (κ2) is 6.40. The number of benzene rings is 1. The van der Waals surface area contributed by atoms with Crippen LogP contribution in [0.3, 0.4) is 0 Å². The highest BCUT2D eigenvalue weighted by Crippen LogP contribution is 2.32. The Morgan fingerprint density at radius 2 is 2.10 bits per heavy atom. The van der Waals surface area contributed by atoms with E-state index in [1.165, 1.54) is 24.3 Å². The zero-order chi connectivity index (χ0) is 15.5. The van der Waals surface area contributed by atoms with Gasteiger partial charge in [0.2, 0.25) is 5.91 Å². The molecular weight excluding hydrogens is 303 g/mol. The summed E-state index contributed by atoms with van der Waals surface area (Å²) in [6.45, 7) is 2.97.